The number of anilines is 3. The van der Waals surface area contributed by atoms with Crippen molar-refractivity contribution in [2.24, 2.45) is 5.73 Å². The van der Waals surface area contributed by atoms with Crippen LogP contribution >= 0.6 is 11.6 Å². The zero-order valence-electron chi connectivity index (χ0n) is 12.4. The van der Waals surface area contributed by atoms with Gasteiger partial charge in [-0.15, -0.1) is 0 Å². The Morgan fingerprint density at radius 2 is 2.00 bits per heavy atom. The highest BCUT2D eigenvalue weighted by molar-refractivity contribution is 6.32. The maximum atomic E-state index is 12.9. The first kappa shape index (κ1) is 18.5. The van der Waals surface area contributed by atoms with Crippen LogP contribution in [0.25, 0.3) is 0 Å². The number of aldehydes is 1. The van der Waals surface area contributed by atoms with E-state index in [4.69, 9.17) is 23.1 Å². The van der Waals surface area contributed by atoms with Crippen LogP contribution in [0.3, 0.4) is 0 Å². The molecule has 11 heteroatoms. The summed E-state index contributed by atoms with van der Waals surface area (Å²) in [5.74, 6) is -1.43. The number of primary amides is 1. The molecule has 0 radical (unpaired) electrons. The van der Waals surface area contributed by atoms with Crippen LogP contribution in [0.5, 0.6) is 0 Å². The second-order valence-corrected chi connectivity index (χ2v) is 5.19. The Hall–Kier alpha value is -2.88. The third-order valence-electron chi connectivity index (χ3n) is 3.07. The third-order valence-corrected chi connectivity index (χ3v) is 3.36. The zero-order valence-corrected chi connectivity index (χ0v) is 13.2. The number of aromatic nitrogens is 2. The molecule has 2 aromatic rings. The van der Waals surface area contributed by atoms with Crippen molar-refractivity contribution in [3.63, 3.8) is 0 Å². The molecule has 25 heavy (non-hydrogen) atoms. The number of rotatable bonds is 5. The Morgan fingerprint density at radius 3 is 2.56 bits per heavy atom. The Labute approximate surface area is 144 Å². The molecule has 0 aliphatic rings. The number of benzene rings is 1. The van der Waals surface area contributed by atoms with E-state index in [2.05, 4.69) is 9.97 Å². The molecule has 132 valence electrons. The summed E-state index contributed by atoms with van der Waals surface area (Å²) in [6.45, 7) is -0.561. The maximum absolute atomic E-state index is 12.9. The molecule has 0 spiro atoms. The fourth-order valence-electron chi connectivity index (χ4n) is 2.05. The van der Waals surface area contributed by atoms with E-state index < -0.39 is 24.2 Å². The Balaban J connectivity index is 2.67. The summed E-state index contributed by atoms with van der Waals surface area (Å²) in [5, 5.41) is -0.307. The first-order chi connectivity index (χ1) is 11.6. The van der Waals surface area contributed by atoms with E-state index in [1.165, 1.54) is 6.07 Å². The molecule has 2 rings (SSSR count). The molecule has 0 saturated carbocycles. The fraction of sp³-hybridized carbons (Fsp3) is 0.143. The molecule has 7 nitrogen and oxygen atoms in total. The number of nitrogens with two attached hydrogens (primary N) is 2. The second-order valence-electron chi connectivity index (χ2n) is 4.83. The third kappa shape index (κ3) is 4.15. The average Bonchev–Trinajstić information content (AvgIpc) is 2.51. The summed E-state index contributed by atoms with van der Waals surface area (Å²) in [6.07, 6.45) is -4.30. The normalized spacial score (nSPS) is 11.2. The SMILES string of the molecule is NC(=O)CN(c1cccc(C(F)(F)F)c1)c1nc(N)nc(Cl)c1C=O. The molecule has 0 bridgehead atoms. The average molecular weight is 374 g/mol. The summed E-state index contributed by atoms with van der Waals surface area (Å²) in [4.78, 5) is 31.1. The van der Waals surface area contributed by atoms with Crippen molar-refractivity contribution in [3.8, 4) is 0 Å². The van der Waals surface area contributed by atoms with Gasteiger partial charge in [-0.05, 0) is 18.2 Å². The predicted molar refractivity (Wildman–Crippen MR) is 84.5 cm³/mol. The van der Waals surface area contributed by atoms with Gasteiger partial charge in [0.25, 0.3) is 0 Å². The molecule has 0 aliphatic heterocycles. The van der Waals surface area contributed by atoms with E-state index in [0.717, 1.165) is 23.1 Å². The van der Waals surface area contributed by atoms with E-state index in [0.29, 0.717) is 6.29 Å². The number of nitrogens with zero attached hydrogens (tertiary/aromatic N) is 3. The van der Waals surface area contributed by atoms with Crippen LogP contribution in [0.2, 0.25) is 5.15 Å². The van der Waals surface area contributed by atoms with Gasteiger partial charge in [0, 0.05) is 5.69 Å². The van der Waals surface area contributed by atoms with Crippen LogP contribution in [-0.2, 0) is 11.0 Å². The molecule has 0 fully saturated rings. The summed E-state index contributed by atoms with van der Waals surface area (Å²) >= 11 is 5.82. The van der Waals surface area contributed by atoms with Gasteiger partial charge in [-0.3, -0.25) is 9.59 Å². The molecule has 1 aromatic heterocycles. The number of amides is 1. The van der Waals surface area contributed by atoms with Gasteiger partial charge in [0.15, 0.2) is 12.1 Å². The second kappa shape index (κ2) is 6.93. The summed E-state index contributed by atoms with van der Waals surface area (Å²) < 4.78 is 38.8. The molecule has 0 saturated heterocycles. The van der Waals surface area contributed by atoms with Crippen molar-refractivity contribution in [2.75, 3.05) is 17.2 Å². The van der Waals surface area contributed by atoms with Crippen molar-refractivity contribution < 1.29 is 22.8 Å². The van der Waals surface area contributed by atoms with Gasteiger partial charge in [0.05, 0.1) is 11.1 Å². The van der Waals surface area contributed by atoms with Gasteiger partial charge >= 0.3 is 6.18 Å². The quantitative estimate of drug-likeness (QED) is 0.613. The zero-order chi connectivity index (χ0) is 18.8. The lowest BCUT2D eigenvalue weighted by molar-refractivity contribution is -0.137. The van der Waals surface area contributed by atoms with Gasteiger partial charge in [-0.1, -0.05) is 17.7 Å². The maximum Gasteiger partial charge on any atom is 0.416 e. The highest BCUT2D eigenvalue weighted by atomic mass is 35.5. The number of hydrogen-bond donors (Lipinski definition) is 2. The van der Waals surface area contributed by atoms with Crippen LogP contribution in [0.4, 0.5) is 30.6 Å². The van der Waals surface area contributed by atoms with Gasteiger partial charge in [-0.2, -0.15) is 18.2 Å². The van der Waals surface area contributed by atoms with Crippen molar-refractivity contribution in [1.29, 1.82) is 0 Å². The van der Waals surface area contributed by atoms with Crippen molar-refractivity contribution in [3.05, 3.63) is 40.5 Å². The van der Waals surface area contributed by atoms with Crippen LogP contribution < -0.4 is 16.4 Å². The number of halogens is 4. The summed E-state index contributed by atoms with van der Waals surface area (Å²) in [7, 11) is 0. The first-order valence-electron chi connectivity index (χ1n) is 6.64. The number of alkyl halides is 3. The Kier molecular flexibility index (Phi) is 5.12. The van der Waals surface area contributed by atoms with Gasteiger partial charge < -0.3 is 16.4 Å². The summed E-state index contributed by atoms with van der Waals surface area (Å²) in [5.41, 5.74) is 9.37. The van der Waals surface area contributed by atoms with E-state index in [-0.39, 0.29) is 28.2 Å². The molecular weight excluding hydrogens is 363 g/mol. The van der Waals surface area contributed by atoms with Crippen molar-refractivity contribution in [1.82, 2.24) is 9.97 Å². The van der Waals surface area contributed by atoms with E-state index in [1.807, 2.05) is 0 Å². The molecule has 1 aromatic carbocycles. The van der Waals surface area contributed by atoms with Crippen LogP contribution in [-0.4, -0.2) is 28.7 Å². The van der Waals surface area contributed by atoms with Gasteiger partial charge in [0.1, 0.15) is 11.7 Å². The first-order valence-corrected chi connectivity index (χ1v) is 7.02. The highest BCUT2D eigenvalue weighted by Crippen LogP contribution is 2.35. The predicted octanol–water partition coefficient (Wildman–Crippen LogP) is 2.17. The molecule has 1 heterocycles. The molecule has 0 unspecified atom stereocenters. The monoisotopic (exact) mass is 373 g/mol. The largest absolute Gasteiger partial charge is 0.416 e. The Morgan fingerprint density at radius 1 is 1.32 bits per heavy atom. The topological polar surface area (TPSA) is 115 Å². The van der Waals surface area contributed by atoms with E-state index >= 15 is 0 Å². The van der Waals surface area contributed by atoms with Gasteiger partial charge in [0.2, 0.25) is 11.9 Å². The molecule has 0 aliphatic carbocycles. The molecule has 1 amide bonds. The van der Waals surface area contributed by atoms with Crippen molar-refractivity contribution >= 4 is 41.2 Å². The molecule has 0 atom stereocenters. The minimum Gasteiger partial charge on any atom is -0.368 e. The minimum absolute atomic E-state index is 0.0779. The fourth-order valence-corrected chi connectivity index (χ4v) is 2.26. The lowest BCUT2D eigenvalue weighted by Crippen LogP contribution is -2.32. The standard InChI is InChI=1S/C14H11ClF3N5O2/c15-11-9(6-24)12(22-13(20)21-11)23(5-10(19)25)8-3-1-2-7(4-8)14(16,17)18/h1-4,6H,5H2,(H2,19,25)(H2,20,21,22). The minimum atomic E-state index is -4.61. The van der Waals surface area contributed by atoms with Crippen LogP contribution in [0.1, 0.15) is 15.9 Å². The lowest BCUT2D eigenvalue weighted by atomic mass is 10.1. The summed E-state index contributed by atoms with van der Waals surface area (Å²) in [6, 6.07) is 4.06. The number of nitrogen functional groups attached to an aromatic ring is 1. The van der Waals surface area contributed by atoms with E-state index in [1.54, 1.807) is 0 Å². The number of carbonyl (C=O) groups excluding carboxylic acids is 2. The smallest absolute Gasteiger partial charge is 0.368 e. The van der Waals surface area contributed by atoms with E-state index in [9.17, 15) is 22.8 Å². The number of carbonyl (C=O) groups is 2. The highest BCUT2D eigenvalue weighted by Gasteiger charge is 2.31. The lowest BCUT2D eigenvalue weighted by Gasteiger charge is -2.24. The van der Waals surface area contributed by atoms with Crippen molar-refractivity contribution in [2.45, 2.75) is 6.18 Å². The number of hydrogen-bond acceptors (Lipinski definition) is 6. The Bertz CT molecular complexity index is 829. The van der Waals surface area contributed by atoms with Gasteiger partial charge in [-0.25, -0.2) is 4.98 Å². The molecular formula is C14H11ClF3N5O2. The van der Waals surface area contributed by atoms with Crippen LogP contribution in [0.15, 0.2) is 24.3 Å². The van der Waals surface area contributed by atoms with Crippen LogP contribution in [0, 0.1) is 0 Å². The molecule has 4 N–H and O–H groups in total.